The number of rotatable bonds is 3. The van der Waals surface area contributed by atoms with Crippen LogP contribution in [0.5, 0.6) is 0 Å². The summed E-state index contributed by atoms with van der Waals surface area (Å²) < 4.78 is 0. The molecule has 10 heavy (non-hydrogen) atoms. The predicted molar refractivity (Wildman–Crippen MR) is 39.2 cm³/mol. The van der Waals surface area contributed by atoms with Crippen molar-refractivity contribution in [3.05, 3.63) is 0 Å². The van der Waals surface area contributed by atoms with Crippen molar-refractivity contribution in [1.82, 2.24) is 0 Å². The minimum atomic E-state index is -0.281. The molecule has 0 aromatic rings. The zero-order chi connectivity index (χ0) is 7.56. The van der Waals surface area contributed by atoms with Gasteiger partial charge in [0.25, 0.3) is 0 Å². The van der Waals surface area contributed by atoms with Crippen LogP contribution < -0.4 is 5.73 Å². The van der Waals surface area contributed by atoms with E-state index in [1.807, 2.05) is 0 Å². The number of nitrogens with two attached hydrogens (primary N) is 1. The van der Waals surface area contributed by atoms with Gasteiger partial charge in [-0.15, -0.1) is 6.42 Å². The van der Waals surface area contributed by atoms with Gasteiger partial charge in [-0.05, 0) is 18.8 Å². The SMILES string of the molecule is C#CCC(=O)C(N)C1CC1. The lowest BCUT2D eigenvalue weighted by Gasteiger charge is -2.04. The number of hydrogen-bond acceptors (Lipinski definition) is 2. The summed E-state index contributed by atoms with van der Waals surface area (Å²) in [5.74, 6) is 2.75. The molecule has 1 unspecified atom stereocenters. The van der Waals surface area contributed by atoms with E-state index in [-0.39, 0.29) is 18.2 Å². The summed E-state index contributed by atoms with van der Waals surface area (Å²) >= 11 is 0. The Kier molecular flexibility index (Phi) is 2.08. The molecule has 1 fully saturated rings. The molecule has 0 aromatic carbocycles. The molecule has 1 rings (SSSR count). The third kappa shape index (κ3) is 1.58. The number of carbonyl (C=O) groups is 1. The van der Waals surface area contributed by atoms with Crippen molar-refractivity contribution in [3.8, 4) is 12.3 Å². The Morgan fingerprint density at radius 3 is 2.80 bits per heavy atom. The molecule has 2 N–H and O–H groups in total. The van der Waals surface area contributed by atoms with Crippen molar-refractivity contribution in [2.75, 3.05) is 0 Å². The third-order valence-corrected chi connectivity index (χ3v) is 1.78. The van der Waals surface area contributed by atoms with Crippen LogP contribution in [0.25, 0.3) is 0 Å². The van der Waals surface area contributed by atoms with E-state index >= 15 is 0 Å². The van der Waals surface area contributed by atoms with E-state index in [4.69, 9.17) is 12.2 Å². The number of hydrogen-bond donors (Lipinski definition) is 1. The molecule has 0 bridgehead atoms. The smallest absolute Gasteiger partial charge is 0.161 e. The quantitative estimate of drug-likeness (QED) is 0.569. The van der Waals surface area contributed by atoms with E-state index in [9.17, 15) is 4.79 Å². The van der Waals surface area contributed by atoms with E-state index in [2.05, 4.69) is 5.92 Å². The zero-order valence-electron chi connectivity index (χ0n) is 5.84. The van der Waals surface area contributed by atoms with Gasteiger partial charge in [-0.2, -0.15) is 0 Å². The van der Waals surface area contributed by atoms with Crippen LogP contribution >= 0.6 is 0 Å². The summed E-state index contributed by atoms with van der Waals surface area (Å²) in [6, 6.07) is -0.281. The minimum Gasteiger partial charge on any atom is -0.321 e. The number of Topliss-reactive ketones (excluding diaryl/α,β-unsaturated/α-hetero) is 1. The highest BCUT2D eigenvalue weighted by atomic mass is 16.1. The van der Waals surface area contributed by atoms with Crippen molar-refractivity contribution < 1.29 is 4.79 Å². The van der Waals surface area contributed by atoms with E-state index in [1.54, 1.807) is 0 Å². The summed E-state index contributed by atoms with van der Waals surface area (Å²) in [6.07, 6.45) is 7.34. The fraction of sp³-hybridized carbons (Fsp3) is 0.625. The van der Waals surface area contributed by atoms with Crippen molar-refractivity contribution in [2.24, 2.45) is 11.7 Å². The standard InChI is InChI=1S/C8H11NO/c1-2-3-7(10)8(9)6-4-5-6/h1,6,8H,3-5,9H2. The number of ketones is 1. The zero-order valence-corrected chi connectivity index (χ0v) is 5.84. The molecule has 0 aromatic heterocycles. The second kappa shape index (κ2) is 2.85. The average Bonchev–Trinajstić information content (AvgIpc) is 2.68. The Hall–Kier alpha value is -0.810. The fourth-order valence-corrected chi connectivity index (χ4v) is 0.937. The Morgan fingerprint density at radius 1 is 1.80 bits per heavy atom. The molecular weight excluding hydrogens is 126 g/mol. The molecule has 1 atom stereocenters. The molecule has 0 radical (unpaired) electrons. The molecule has 1 aliphatic carbocycles. The molecule has 0 saturated heterocycles. The molecule has 2 nitrogen and oxygen atoms in total. The Bertz CT molecular complexity index is 176. The Balaban J connectivity index is 2.33. The van der Waals surface area contributed by atoms with Gasteiger partial charge in [0.05, 0.1) is 12.5 Å². The molecule has 1 saturated carbocycles. The van der Waals surface area contributed by atoms with Gasteiger partial charge in [-0.1, -0.05) is 5.92 Å². The highest BCUT2D eigenvalue weighted by Crippen LogP contribution is 2.32. The largest absolute Gasteiger partial charge is 0.321 e. The summed E-state index contributed by atoms with van der Waals surface area (Å²) in [4.78, 5) is 11.0. The first-order valence-electron chi connectivity index (χ1n) is 3.47. The second-order valence-corrected chi connectivity index (χ2v) is 2.71. The van der Waals surface area contributed by atoms with Crippen molar-refractivity contribution >= 4 is 5.78 Å². The van der Waals surface area contributed by atoms with E-state index in [0.29, 0.717) is 5.92 Å². The Labute approximate surface area is 60.8 Å². The molecule has 2 heteroatoms. The number of carbonyl (C=O) groups excluding carboxylic acids is 1. The Morgan fingerprint density at radius 2 is 2.40 bits per heavy atom. The minimum absolute atomic E-state index is 0.0185. The van der Waals surface area contributed by atoms with Crippen LogP contribution in [-0.2, 0) is 4.79 Å². The molecule has 54 valence electrons. The molecule has 0 heterocycles. The first-order chi connectivity index (χ1) is 4.75. The summed E-state index contributed by atoms with van der Waals surface area (Å²) in [6.45, 7) is 0. The maximum Gasteiger partial charge on any atom is 0.161 e. The monoisotopic (exact) mass is 137 g/mol. The lowest BCUT2D eigenvalue weighted by molar-refractivity contribution is -0.119. The third-order valence-electron chi connectivity index (χ3n) is 1.78. The van der Waals surface area contributed by atoms with Gasteiger partial charge in [0.15, 0.2) is 5.78 Å². The highest BCUT2D eigenvalue weighted by Gasteiger charge is 2.32. The van der Waals surface area contributed by atoms with E-state index in [0.717, 1.165) is 12.8 Å². The van der Waals surface area contributed by atoms with Crippen LogP contribution in [0.4, 0.5) is 0 Å². The first-order valence-corrected chi connectivity index (χ1v) is 3.47. The van der Waals surface area contributed by atoms with Crippen LogP contribution in [0.3, 0.4) is 0 Å². The van der Waals surface area contributed by atoms with Crippen LogP contribution in [0.1, 0.15) is 19.3 Å². The molecular formula is C8H11NO. The summed E-state index contributed by atoms with van der Waals surface area (Å²) in [7, 11) is 0. The van der Waals surface area contributed by atoms with Gasteiger partial charge in [-0.25, -0.2) is 0 Å². The highest BCUT2D eigenvalue weighted by molar-refractivity contribution is 5.86. The van der Waals surface area contributed by atoms with Crippen molar-refractivity contribution in [1.29, 1.82) is 0 Å². The topological polar surface area (TPSA) is 43.1 Å². The molecule has 0 aliphatic heterocycles. The van der Waals surface area contributed by atoms with Gasteiger partial charge < -0.3 is 5.73 Å². The lowest BCUT2D eigenvalue weighted by atomic mass is 10.1. The van der Waals surface area contributed by atoms with Crippen LogP contribution in [0.15, 0.2) is 0 Å². The van der Waals surface area contributed by atoms with Crippen molar-refractivity contribution in [2.45, 2.75) is 25.3 Å². The summed E-state index contributed by atoms with van der Waals surface area (Å²) in [5.41, 5.74) is 5.56. The fourth-order valence-electron chi connectivity index (χ4n) is 0.937. The maximum absolute atomic E-state index is 11.0. The lowest BCUT2D eigenvalue weighted by Crippen LogP contribution is -2.32. The van der Waals surface area contributed by atoms with Gasteiger partial charge in [0.2, 0.25) is 0 Å². The van der Waals surface area contributed by atoms with Gasteiger partial charge >= 0.3 is 0 Å². The van der Waals surface area contributed by atoms with Gasteiger partial charge in [0.1, 0.15) is 0 Å². The van der Waals surface area contributed by atoms with Crippen LogP contribution in [0.2, 0.25) is 0 Å². The van der Waals surface area contributed by atoms with Crippen LogP contribution in [0, 0.1) is 18.3 Å². The number of terminal acetylenes is 1. The van der Waals surface area contributed by atoms with E-state index < -0.39 is 0 Å². The van der Waals surface area contributed by atoms with Crippen molar-refractivity contribution in [3.63, 3.8) is 0 Å². The maximum atomic E-state index is 11.0. The first kappa shape index (κ1) is 7.30. The van der Waals surface area contributed by atoms with Gasteiger partial charge in [-0.3, -0.25) is 4.79 Å². The second-order valence-electron chi connectivity index (χ2n) is 2.71. The van der Waals surface area contributed by atoms with E-state index in [1.165, 1.54) is 0 Å². The normalized spacial score (nSPS) is 19.6. The predicted octanol–water partition coefficient (Wildman–Crippen LogP) is 0.316. The molecule has 0 spiro atoms. The van der Waals surface area contributed by atoms with Crippen LogP contribution in [-0.4, -0.2) is 11.8 Å². The summed E-state index contributed by atoms with van der Waals surface area (Å²) in [5, 5.41) is 0. The molecule has 1 aliphatic rings. The van der Waals surface area contributed by atoms with Gasteiger partial charge in [0, 0.05) is 0 Å². The molecule has 0 amide bonds. The average molecular weight is 137 g/mol.